The second kappa shape index (κ2) is 8.58. The lowest BCUT2D eigenvalue weighted by molar-refractivity contribution is 0.102. The fourth-order valence-corrected chi connectivity index (χ4v) is 2.74. The number of hydrogen-bond donors (Lipinski definition) is 2. The molecule has 8 heteroatoms. The Balaban J connectivity index is 1.81. The minimum absolute atomic E-state index is 0.229. The Hall–Kier alpha value is -3.32. The van der Waals surface area contributed by atoms with Gasteiger partial charge in [0.2, 0.25) is 5.95 Å². The van der Waals surface area contributed by atoms with Crippen molar-refractivity contribution in [1.82, 2.24) is 9.97 Å². The molecule has 2 aromatic carbocycles. The molecule has 3 aromatic rings. The molecule has 0 aliphatic heterocycles. The average molecular weight is 399 g/mol. The van der Waals surface area contributed by atoms with E-state index in [2.05, 4.69) is 20.6 Å². The molecule has 0 aliphatic carbocycles. The standard InChI is InChI=1S/C20H19ClN4O3/c1-12-9-16(25-20(22-12)24-14-6-4-5-13(21)10-14)19(26)23-15-7-8-17(27-2)18(11-15)28-3/h4-11H,1-3H3,(H,23,26)(H,22,24,25). The van der Waals surface area contributed by atoms with Gasteiger partial charge in [-0.2, -0.15) is 0 Å². The molecule has 1 amide bonds. The zero-order chi connectivity index (χ0) is 20.1. The van der Waals surface area contributed by atoms with E-state index in [0.717, 1.165) is 5.69 Å². The first-order valence-corrected chi connectivity index (χ1v) is 8.78. The van der Waals surface area contributed by atoms with Crippen molar-refractivity contribution in [3.63, 3.8) is 0 Å². The maximum atomic E-state index is 12.7. The summed E-state index contributed by atoms with van der Waals surface area (Å²) in [6, 6.07) is 13.9. The lowest BCUT2D eigenvalue weighted by Gasteiger charge is -2.11. The number of amides is 1. The second-order valence-corrected chi connectivity index (χ2v) is 6.31. The van der Waals surface area contributed by atoms with Crippen molar-refractivity contribution in [2.45, 2.75) is 6.92 Å². The van der Waals surface area contributed by atoms with Crippen LogP contribution in [0.2, 0.25) is 5.02 Å². The number of nitrogens with one attached hydrogen (secondary N) is 2. The number of nitrogens with zero attached hydrogens (tertiary/aromatic N) is 2. The smallest absolute Gasteiger partial charge is 0.274 e. The van der Waals surface area contributed by atoms with Gasteiger partial charge in [-0.05, 0) is 43.3 Å². The zero-order valence-corrected chi connectivity index (χ0v) is 16.4. The second-order valence-electron chi connectivity index (χ2n) is 5.88. The van der Waals surface area contributed by atoms with Crippen molar-refractivity contribution in [2.75, 3.05) is 24.9 Å². The summed E-state index contributed by atoms with van der Waals surface area (Å²) in [5, 5.41) is 6.44. The van der Waals surface area contributed by atoms with Crippen LogP contribution in [0.3, 0.4) is 0 Å². The van der Waals surface area contributed by atoms with Crippen LogP contribution in [0, 0.1) is 6.92 Å². The SMILES string of the molecule is COc1ccc(NC(=O)c2cc(C)nc(Nc3cccc(Cl)c3)n2)cc1OC. The van der Waals surface area contributed by atoms with Crippen LogP contribution in [0.15, 0.2) is 48.5 Å². The fourth-order valence-electron chi connectivity index (χ4n) is 2.55. The summed E-state index contributed by atoms with van der Waals surface area (Å²) in [4.78, 5) is 21.3. The summed E-state index contributed by atoms with van der Waals surface area (Å²) in [6.07, 6.45) is 0. The van der Waals surface area contributed by atoms with Gasteiger partial charge in [0.1, 0.15) is 5.69 Å². The van der Waals surface area contributed by atoms with Gasteiger partial charge >= 0.3 is 0 Å². The van der Waals surface area contributed by atoms with Crippen molar-refractivity contribution in [3.05, 3.63) is 64.9 Å². The summed E-state index contributed by atoms with van der Waals surface area (Å²) in [5.74, 6) is 1.03. The molecule has 1 aromatic heterocycles. The molecule has 2 N–H and O–H groups in total. The third-order valence-corrected chi connectivity index (χ3v) is 4.04. The highest BCUT2D eigenvalue weighted by molar-refractivity contribution is 6.30. The molecule has 0 atom stereocenters. The molecule has 3 rings (SSSR count). The van der Waals surface area contributed by atoms with Gasteiger partial charge in [0.15, 0.2) is 11.5 Å². The van der Waals surface area contributed by atoms with Crippen LogP contribution >= 0.6 is 11.6 Å². The number of rotatable bonds is 6. The predicted molar refractivity (Wildman–Crippen MR) is 109 cm³/mol. The maximum Gasteiger partial charge on any atom is 0.274 e. The number of methoxy groups -OCH3 is 2. The van der Waals surface area contributed by atoms with Gasteiger partial charge in [0, 0.05) is 28.2 Å². The van der Waals surface area contributed by atoms with Gasteiger partial charge in [-0.3, -0.25) is 4.79 Å². The van der Waals surface area contributed by atoms with Crippen molar-refractivity contribution in [3.8, 4) is 11.5 Å². The molecule has 0 fully saturated rings. The normalized spacial score (nSPS) is 10.3. The van der Waals surface area contributed by atoms with E-state index in [1.54, 1.807) is 50.4 Å². The summed E-state index contributed by atoms with van der Waals surface area (Å²) in [5.41, 5.74) is 2.16. The Labute approximate surface area is 167 Å². The molecule has 0 radical (unpaired) electrons. The number of aryl methyl sites for hydroxylation is 1. The predicted octanol–water partition coefficient (Wildman–Crippen LogP) is 4.45. The first-order chi connectivity index (χ1) is 13.5. The topological polar surface area (TPSA) is 85.4 Å². The van der Waals surface area contributed by atoms with Crippen molar-refractivity contribution >= 4 is 34.8 Å². The van der Waals surface area contributed by atoms with Crippen LogP contribution in [-0.2, 0) is 0 Å². The Bertz CT molecular complexity index is 1010. The van der Waals surface area contributed by atoms with Crippen LogP contribution in [-0.4, -0.2) is 30.1 Å². The number of hydrogen-bond acceptors (Lipinski definition) is 6. The van der Waals surface area contributed by atoms with E-state index in [9.17, 15) is 4.79 Å². The van der Waals surface area contributed by atoms with Crippen LogP contribution in [0.1, 0.15) is 16.2 Å². The molecule has 144 valence electrons. The Morgan fingerprint density at radius 3 is 2.46 bits per heavy atom. The van der Waals surface area contributed by atoms with E-state index < -0.39 is 0 Å². The van der Waals surface area contributed by atoms with Crippen molar-refractivity contribution in [1.29, 1.82) is 0 Å². The molecule has 0 bridgehead atoms. The number of benzene rings is 2. The highest BCUT2D eigenvalue weighted by Gasteiger charge is 2.13. The molecular weight excluding hydrogens is 380 g/mol. The number of anilines is 3. The Morgan fingerprint density at radius 1 is 0.964 bits per heavy atom. The lowest BCUT2D eigenvalue weighted by atomic mass is 10.2. The monoisotopic (exact) mass is 398 g/mol. The van der Waals surface area contributed by atoms with E-state index in [1.807, 2.05) is 12.1 Å². The number of carbonyl (C=O) groups excluding carboxylic acids is 1. The first-order valence-electron chi connectivity index (χ1n) is 8.40. The van der Waals surface area contributed by atoms with Crippen molar-refractivity contribution < 1.29 is 14.3 Å². The van der Waals surface area contributed by atoms with Crippen LogP contribution in [0.25, 0.3) is 0 Å². The summed E-state index contributed by atoms with van der Waals surface area (Å²) >= 11 is 6.00. The van der Waals surface area contributed by atoms with E-state index >= 15 is 0 Å². The number of carbonyl (C=O) groups is 1. The number of halogens is 1. The lowest BCUT2D eigenvalue weighted by Crippen LogP contribution is -2.15. The average Bonchev–Trinajstić information content (AvgIpc) is 2.67. The Kier molecular flexibility index (Phi) is 5.96. The molecule has 7 nitrogen and oxygen atoms in total. The fraction of sp³-hybridized carbons (Fsp3) is 0.150. The summed E-state index contributed by atoms with van der Waals surface area (Å²) in [7, 11) is 3.08. The Morgan fingerprint density at radius 2 is 1.75 bits per heavy atom. The molecule has 0 spiro atoms. The van der Waals surface area contributed by atoms with Gasteiger partial charge in [-0.1, -0.05) is 17.7 Å². The molecule has 1 heterocycles. The summed E-state index contributed by atoms with van der Waals surface area (Å²) < 4.78 is 10.5. The van der Waals surface area contributed by atoms with Crippen LogP contribution < -0.4 is 20.1 Å². The molecule has 0 saturated carbocycles. The number of ether oxygens (including phenoxy) is 2. The minimum Gasteiger partial charge on any atom is -0.493 e. The third-order valence-electron chi connectivity index (χ3n) is 3.81. The molecule has 28 heavy (non-hydrogen) atoms. The van der Waals surface area contributed by atoms with Gasteiger partial charge < -0.3 is 20.1 Å². The van der Waals surface area contributed by atoms with Crippen molar-refractivity contribution in [2.24, 2.45) is 0 Å². The highest BCUT2D eigenvalue weighted by atomic mass is 35.5. The van der Waals surface area contributed by atoms with E-state index in [4.69, 9.17) is 21.1 Å². The van der Waals surface area contributed by atoms with E-state index in [0.29, 0.717) is 33.9 Å². The minimum atomic E-state index is -0.369. The number of aromatic nitrogens is 2. The molecule has 0 aliphatic rings. The first kappa shape index (κ1) is 19.4. The molecular formula is C20H19ClN4O3. The largest absolute Gasteiger partial charge is 0.493 e. The highest BCUT2D eigenvalue weighted by Crippen LogP contribution is 2.30. The van der Waals surface area contributed by atoms with Gasteiger partial charge in [0.05, 0.1) is 14.2 Å². The zero-order valence-electron chi connectivity index (χ0n) is 15.6. The quantitative estimate of drug-likeness (QED) is 0.638. The molecule has 0 unspecified atom stereocenters. The van der Waals surface area contributed by atoms with E-state index in [-0.39, 0.29) is 11.6 Å². The third kappa shape index (κ3) is 4.69. The van der Waals surface area contributed by atoms with Crippen LogP contribution in [0.5, 0.6) is 11.5 Å². The van der Waals surface area contributed by atoms with Gasteiger partial charge in [-0.15, -0.1) is 0 Å². The van der Waals surface area contributed by atoms with Gasteiger partial charge in [-0.25, -0.2) is 9.97 Å². The maximum absolute atomic E-state index is 12.7. The summed E-state index contributed by atoms with van der Waals surface area (Å²) in [6.45, 7) is 1.79. The van der Waals surface area contributed by atoms with Gasteiger partial charge in [0.25, 0.3) is 5.91 Å². The van der Waals surface area contributed by atoms with Crippen LogP contribution in [0.4, 0.5) is 17.3 Å². The van der Waals surface area contributed by atoms with E-state index in [1.165, 1.54) is 7.11 Å². The molecule has 0 saturated heterocycles.